The Kier molecular flexibility index (Phi) is 2.48. The summed E-state index contributed by atoms with van der Waals surface area (Å²) in [6.07, 6.45) is 3.63. The molecule has 0 unspecified atom stereocenters. The van der Waals surface area contributed by atoms with Crippen LogP contribution < -0.4 is 0 Å². The van der Waals surface area contributed by atoms with Gasteiger partial charge in [0.1, 0.15) is 5.82 Å². The molecule has 0 radical (unpaired) electrons. The molecule has 1 aliphatic rings. The molecule has 1 aliphatic carbocycles. The molecule has 0 bridgehead atoms. The van der Waals surface area contributed by atoms with Gasteiger partial charge in [-0.3, -0.25) is 0 Å². The Morgan fingerprint density at radius 2 is 2.13 bits per heavy atom. The van der Waals surface area contributed by atoms with E-state index in [1.165, 1.54) is 6.07 Å². The van der Waals surface area contributed by atoms with Crippen molar-refractivity contribution in [3.05, 3.63) is 35.1 Å². The van der Waals surface area contributed by atoms with Gasteiger partial charge in [-0.25, -0.2) is 4.39 Å². The van der Waals surface area contributed by atoms with Crippen molar-refractivity contribution in [1.82, 2.24) is 0 Å². The molecule has 1 saturated carbocycles. The molecular formula is C13H14FN. The van der Waals surface area contributed by atoms with Gasteiger partial charge in [0.25, 0.3) is 0 Å². The number of halogens is 1. The molecule has 2 rings (SSSR count). The number of aryl methyl sites for hydroxylation is 1. The summed E-state index contributed by atoms with van der Waals surface area (Å²) in [4.78, 5) is 0. The fraction of sp³-hybridized carbons (Fsp3) is 0.462. The maximum atomic E-state index is 13.3. The number of nitriles is 1. The van der Waals surface area contributed by atoms with Crippen LogP contribution in [0.1, 0.15) is 37.3 Å². The van der Waals surface area contributed by atoms with Crippen LogP contribution in [0.25, 0.3) is 0 Å². The Labute approximate surface area is 89.5 Å². The minimum Gasteiger partial charge on any atom is -0.207 e. The van der Waals surface area contributed by atoms with E-state index >= 15 is 0 Å². The van der Waals surface area contributed by atoms with Crippen molar-refractivity contribution in [3.63, 3.8) is 0 Å². The highest BCUT2D eigenvalue weighted by Crippen LogP contribution is 2.43. The molecule has 0 atom stereocenters. The van der Waals surface area contributed by atoms with Crippen LogP contribution in [0.3, 0.4) is 0 Å². The lowest BCUT2D eigenvalue weighted by atomic mass is 9.65. The normalized spacial score (nSPS) is 17.9. The summed E-state index contributed by atoms with van der Waals surface area (Å²) in [5, 5.41) is 9.17. The van der Waals surface area contributed by atoms with Gasteiger partial charge in [0, 0.05) is 0 Å². The SMILES string of the molecule is CCc1cc(F)cc(C2(C#N)CCC2)c1. The number of nitrogens with zero attached hydrogens (tertiary/aromatic N) is 1. The Balaban J connectivity index is 2.44. The summed E-state index contributed by atoms with van der Waals surface area (Å²) in [5.41, 5.74) is 1.45. The van der Waals surface area contributed by atoms with E-state index in [2.05, 4.69) is 6.07 Å². The third-order valence-electron chi connectivity index (χ3n) is 3.34. The molecule has 0 saturated heterocycles. The first kappa shape index (κ1) is 10.2. The van der Waals surface area contributed by atoms with E-state index in [1.54, 1.807) is 6.07 Å². The summed E-state index contributed by atoms with van der Waals surface area (Å²) in [7, 11) is 0. The van der Waals surface area contributed by atoms with Gasteiger partial charge in [0.05, 0.1) is 11.5 Å². The zero-order chi connectivity index (χ0) is 10.9. The van der Waals surface area contributed by atoms with Crippen molar-refractivity contribution < 1.29 is 4.39 Å². The van der Waals surface area contributed by atoms with Crippen LogP contribution in [0, 0.1) is 17.1 Å². The standard InChI is InChI=1S/C13H14FN/c1-2-10-6-11(8-12(14)7-10)13(9-15)4-3-5-13/h6-8H,2-5H2,1H3. The van der Waals surface area contributed by atoms with E-state index in [1.807, 2.05) is 13.0 Å². The molecule has 1 fully saturated rings. The van der Waals surface area contributed by atoms with Crippen molar-refractivity contribution >= 4 is 0 Å². The average molecular weight is 203 g/mol. The zero-order valence-electron chi connectivity index (χ0n) is 8.89. The van der Waals surface area contributed by atoms with Crippen molar-refractivity contribution in [2.45, 2.75) is 38.0 Å². The summed E-state index contributed by atoms with van der Waals surface area (Å²) < 4.78 is 13.3. The molecule has 0 spiro atoms. The molecule has 1 aromatic carbocycles. The van der Waals surface area contributed by atoms with Gasteiger partial charge in [0.15, 0.2) is 0 Å². The highest BCUT2D eigenvalue weighted by Gasteiger charge is 2.39. The van der Waals surface area contributed by atoms with Crippen molar-refractivity contribution in [1.29, 1.82) is 5.26 Å². The molecule has 78 valence electrons. The summed E-state index contributed by atoms with van der Waals surface area (Å²) >= 11 is 0. The molecule has 1 aromatic rings. The predicted molar refractivity (Wildman–Crippen MR) is 56.9 cm³/mol. The van der Waals surface area contributed by atoms with E-state index in [9.17, 15) is 9.65 Å². The monoisotopic (exact) mass is 203 g/mol. The van der Waals surface area contributed by atoms with Gasteiger partial charge in [0.2, 0.25) is 0 Å². The topological polar surface area (TPSA) is 23.8 Å². The van der Waals surface area contributed by atoms with Crippen LogP contribution in [0.2, 0.25) is 0 Å². The second kappa shape index (κ2) is 3.66. The van der Waals surface area contributed by atoms with Crippen LogP contribution in [0.4, 0.5) is 4.39 Å². The number of benzene rings is 1. The minimum atomic E-state index is -0.397. The van der Waals surface area contributed by atoms with Crippen LogP contribution in [-0.2, 0) is 11.8 Å². The van der Waals surface area contributed by atoms with Gasteiger partial charge in [-0.05, 0) is 48.9 Å². The highest BCUT2D eigenvalue weighted by molar-refractivity contribution is 5.38. The first-order chi connectivity index (χ1) is 7.20. The molecular weight excluding hydrogens is 189 g/mol. The van der Waals surface area contributed by atoms with E-state index in [0.717, 1.165) is 36.8 Å². The largest absolute Gasteiger partial charge is 0.207 e. The Bertz CT molecular complexity index is 413. The molecule has 0 N–H and O–H groups in total. The molecule has 0 aromatic heterocycles. The molecule has 2 heteroatoms. The Morgan fingerprint density at radius 1 is 1.40 bits per heavy atom. The quantitative estimate of drug-likeness (QED) is 0.723. The van der Waals surface area contributed by atoms with Crippen LogP contribution in [0.5, 0.6) is 0 Å². The zero-order valence-corrected chi connectivity index (χ0v) is 8.89. The van der Waals surface area contributed by atoms with Gasteiger partial charge in [-0.2, -0.15) is 5.26 Å². The van der Waals surface area contributed by atoms with Gasteiger partial charge in [-0.15, -0.1) is 0 Å². The molecule has 0 amide bonds. The summed E-state index contributed by atoms with van der Waals surface area (Å²) in [6.45, 7) is 2.00. The second-order valence-electron chi connectivity index (χ2n) is 4.25. The third kappa shape index (κ3) is 1.63. The lowest BCUT2D eigenvalue weighted by Gasteiger charge is -2.35. The van der Waals surface area contributed by atoms with E-state index in [-0.39, 0.29) is 5.82 Å². The van der Waals surface area contributed by atoms with E-state index in [4.69, 9.17) is 0 Å². The van der Waals surface area contributed by atoms with Crippen molar-refractivity contribution in [2.24, 2.45) is 0 Å². The van der Waals surface area contributed by atoms with E-state index < -0.39 is 5.41 Å². The Hall–Kier alpha value is -1.36. The number of rotatable bonds is 2. The van der Waals surface area contributed by atoms with Gasteiger partial charge >= 0.3 is 0 Å². The second-order valence-corrected chi connectivity index (χ2v) is 4.25. The lowest BCUT2D eigenvalue weighted by Crippen LogP contribution is -2.32. The molecule has 1 nitrogen and oxygen atoms in total. The molecule has 0 aliphatic heterocycles. The van der Waals surface area contributed by atoms with Crippen LogP contribution >= 0.6 is 0 Å². The highest BCUT2D eigenvalue weighted by atomic mass is 19.1. The van der Waals surface area contributed by atoms with Gasteiger partial charge in [-0.1, -0.05) is 13.0 Å². The lowest BCUT2D eigenvalue weighted by molar-refractivity contribution is 0.322. The van der Waals surface area contributed by atoms with E-state index in [0.29, 0.717) is 0 Å². The predicted octanol–water partition coefficient (Wildman–Crippen LogP) is 3.33. The smallest absolute Gasteiger partial charge is 0.123 e. The molecule has 15 heavy (non-hydrogen) atoms. The van der Waals surface area contributed by atoms with Crippen LogP contribution in [-0.4, -0.2) is 0 Å². The summed E-state index contributed by atoms with van der Waals surface area (Å²) in [6, 6.07) is 7.38. The van der Waals surface area contributed by atoms with Gasteiger partial charge < -0.3 is 0 Å². The fourth-order valence-electron chi connectivity index (χ4n) is 2.13. The average Bonchev–Trinajstić information content (AvgIpc) is 2.16. The van der Waals surface area contributed by atoms with Crippen LogP contribution in [0.15, 0.2) is 18.2 Å². The summed E-state index contributed by atoms with van der Waals surface area (Å²) in [5.74, 6) is -0.217. The third-order valence-corrected chi connectivity index (χ3v) is 3.34. The Morgan fingerprint density at radius 3 is 2.60 bits per heavy atom. The first-order valence-electron chi connectivity index (χ1n) is 5.41. The molecule has 0 heterocycles. The van der Waals surface area contributed by atoms with Crippen molar-refractivity contribution in [2.75, 3.05) is 0 Å². The van der Waals surface area contributed by atoms with Crippen molar-refractivity contribution in [3.8, 4) is 6.07 Å². The fourth-order valence-corrected chi connectivity index (χ4v) is 2.13. The first-order valence-corrected chi connectivity index (χ1v) is 5.41. The maximum absolute atomic E-state index is 13.3. The minimum absolute atomic E-state index is 0.217. The number of hydrogen-bond donors (Lipinski definition) is 0. The maximum Gasteiger partial charge on any atom is 0.123 e. The number of hydrogen-bond acceptors (Lipinski definition) is 1.